The van der Waals surface area contributed by atoms with E-state index in [1.165, 1.54) is 26.3 Å². The summed E-state index contributed by atoms with van der Waals surface area (Å²) in [7, 11) is 3.13. The van der Waals surface area contributed by atoms with Crippen molar-refractivity contribution >= 4 is 11.9 Å². The maximum Gasteiger partial charge on any atom is 0.324 e. The molecule has 31 heavy (non-hydrogen) atoms. The normalized spacial score (nSPS) is 20.7. The molecule has 1 saturated carbocycles. The average molecular weight is 431 g/mol. The first kappa shape index (κ1) is 23.0. The molecule has 1 saturated heterocycles. The third-order valence-corrected chi connectivity index (χ3v) is 6.05. The van der Waals surface area contributed by atoms with E-state index in [1.807, 2.05) is 24.3 Å². The van der Waals surface area contributed by atoms with Crippen molar-refractivity contribution < 1.29 is 14.0 Å². The van der Waals surface area contributed by atoms with Crippen molar-refractivity contribution in [3.63, 3.8) is 0 Å². The van der Waals surface area contributed by atoms with Crippen molar-refractivity contribution in [3.05, 3.63) is 35.7 Å². The van der Waals surface area contributed by atoms with Gasteiger partial charge in [0.2, 0.25) is 0 Å². The summed E-state index contributed by atoms with van der Waals surface area (Å²) in [5, 5.41) is 11.4. The number of ether oxygens (including phenoxy) is 2. The second kappa shape index (κ2) is 11.1. The summed E-state index contributed by atoms with van der Waals surface area (Å²) < 4.78 is 16.3. The maximum absolute atomic E-state index is 7.42. The van der Waals surface area contributed by atoms with Gasteiger partial charge in [-0.25, -0.2) is 0 Å². The quantitative estimate of drug-likeness (QED) is 0.407. The number of anilines is 1. The van der Waals surface area contributed by atoms with Crippen molar-refractivity contribution in [2.24, 2.45) is 29.2 Å². The standard InChI is InChI=1S/C21H29N5O3.CH5N/c1-27-13-19-24-21(29-25-19)26-9-6-14(7-10-26)18-12-16(18)8-11-28-17-4-2-15(3-5-17)20(22)23;1-2/h2-5,14,16,18H,6-13H2,1H3,(H3,22,23);2H2,1H3. The van der Waals surface area contributed by atoms with Gasteiger partial charge in [0.15, 0.2) is 5.82 Å². The van der Waals surface area contributed by atoms with Crippen LogP contribution in [0.5, 0.6) is 5.75 Å². The van der Waals surface area contributed by atoms with E-state index in [9.17, 15) is 0 Å². The molecule has 1 aliphatic heterocycles. The van der Waals surface area contributed by atoms with Crippen LogP contribution in [0.2, 0.25) is 0 Å². The van der Waals surface area contributed by atoms with Gasteiger partial charge >= 0.3 is 6.01 Å². The number of benzene rings is 1. The fourth-order valence-corrected chi connectivity index (χ4v) is 4.32. The lowest BCUT2D eigenvalue weighted by Crippen LogP contribution is -2.34. The molecule has 9 heteroatoms. The Morgan fingerprint density at radius 1 is 1.23 bits per heavy atom. The van der Waals surface area contributed by atoms with Crippen molar-refractivity contribution in [1.82, 2.24) is 10.1 Å². The van der Waals surface area contributed by atoms with Gasteiger partial charge in [0.1, 0.15) is 18.2 Å². The maximum atomic E-state index is 7.42. The number of methoxy groups -OCH3 is 1. The van der Waals surface area contributed by atoms with Crippen LogP contribution >= 0.6 is 0 Å². The zero-order valence-corrected chi connectivity index (χ0v) is 18.4. The number of hydrogen-bond acceptors (Lipinski definition) is 8. The first-order valence-corrected chi connectivity index (χ1v) is 10.9. The first-order valence-electron chi connectivity index (χ1n) is 10.9. The highest BCUT2D eigenvalue weighted by Gasteiger charge is 2.43. The molecule has 170 valence electrons. The highest BCUT2D eigenvalue weighted by atomic mass is 16.5. The molecule has 1 aromatic carbocycles. The minimum Gasteiger partial charge on any atom is -0.494 e. The number of rotatable bonds is 9. The predicted octanol–water partition coefficient (Wildman–Crippen LogP) is 2.40. The summed E-state index contributed by atoms with van der Waals surface area (Å²) in [6.45, 7) is 3.07. The number of nitrogens with one attached hydrogen (secondary N) is 1. The molecule has 0 bridgehead atoms. The number of nitrogen functional groups attached to an aromatic ring is 1. The molecule has 1 aromatic heterocycles. The van der Waals surface area contributed by atoms with Crippen LogP contribution in [0.1, 0.15) is 37.1 Å². The largest absolute Gasteiger partial charge is 0.494 e. The van der Waals surface area contributed by atoms with Gasteiger partial charge in [-0.15, -0.1) is 0 Å². The van der Waals surface area contributed by atoms with Crippen LogP contribution in [-0.2, 0) is 11.3 Å². The lowest BCUT2D eigenvalue weighted by atomic mass is 9.90. The molecule has 5 N–H and O–H groups in total. The van der Waals surface area contributed by atoms with E-state index in [1.54, 1.807) is 7.11 Å². The molecular formula is C22H34N6O3. The Balaban J connectivity index is 0.00000132. The van der Waals surface area contributed by atoms with Gasteiger partial charge in [0, 0.05) is 25.8 Å². The number of aromatic nitrogens is 2. The highest BCUT2D eigenvalue weighted by Crippen LogP contribution is 2.49. The van der Waals surface area contributed by atoms with Crippen LogP contribution in [-0.4, -0.2) is 49.8 Å². The van der Waals surface area contributed by atoms with Crippen molar-refractivity contribution in [1.29, 1.82) is 5.41 Å². The topological polar surface area (TPSA) is 137 Å². The SMILES string of the molecule is CN.COCc1noc(N2CCC(C3CC3CCOc3ccc(C(=N)N)cc3)CC2)n1. The zero-order valence-electron chi connectivity index (χ0n) is 18.4. The Labute approximate surface area is 183 Å². The van der Waals surface area contributed by atoms with E-state index in [4.69, 9.17) is 25.1 Å². The molecule has 2 aromatic rings. The predicted molar refractivity (Wildman–Crippen MR) is 119 cm³/mol. The van der Waals surface area contributed by atoms with E-state index in [0.717, 1.165) is 55.2 Å². The lowest BCUT2D eigenvalue weighted by molar-refractivity contribution is 0.174. The van der Waals surface area contributed by atoms with Crippen molar-refractivity contribution in [3.8, 4) is 5.75 Å². The molecule has 2 fully saturated rings. The summed E-state index contributed by atoms with van der Waals surface area (Å²) in [5.74, 6) is 3.91. The van der Waals surface area contributed by atoms with E-state index in [2.05, 4.69) is 20.8 Å². The summed E-state index contributed by atoms with van der Waals surface area (Å²) >= 11 is 0. The Bertz CT molecular complexity index is 817. The minimum atomic E-state index is 0.0814. The number of nitrogens with two attached hydrogens (primary N) is 2. The van der Waals surface area contributed by atoms with Gasteiger partial charge in [-0.1, -0.05) is 5.16 Å². The fraction of sp³-hybridized carbons (Fsp3) is 0.591. The molecule has 4 rings (SSSR count). The van der Waals surface area contributed by atoms with Crippen LogP contribution in [0.4, 0.5) is 6.01 Å². The second-order valence-electron chi connectivity index (χ2n) is 7.99. The summed E-state index contributed by atoms with van der Waals surface area (Å²) in [6.07, 6.45) is 4.77. The smallest absolute Gasteiger partial charge is 0.324 e. The Morgan fingerprint density at radius 3 is 2.58 bits per heavy atom. The van der Waals surface area contributed by atoms with E-state index in [-0.39, 0.29) is 5.84 Å². The molecule has 2 atom stereocenters. The van der Waals surface area contributed by atoms with Crippen LogP contribution < -0.4 is 21.1 Å². The minimum absolute atomic E-state index is 0.0814. The van der Waals surface area contributed by atoms with Gasteiger partial charge in [-0.05, 0) is 74.8 Å². The van der Waals surface area contributed by atoms with Crippen molar-refractivity contribution in [2.45, 2.75) is 32.3 Å². The van der Waals surface area contributed by atoms with Crippen LogP contribution in [0, 0.1) is 23.2 Å². The summed E-state index contributed by atoms with van der Waals surface area (Å²) in [5.41, 5.74) is 10.7. The second-order valence-corrected chi connectivity index (χ2v) is 7.99. The third-order valence-electron chi connectivity index (χ3n) is 6.05. The number of hydrogen-bond donors (Lipinski definition) is 3. The molecule has 9 nitrogen and oxygen atoms in total. The molecule has 0 spiro atoms. The van der Waals surface area contributed by atoms with E-state index >= 15 is 0 Å². The highest BCUT2D eigenvalue weighted by molar-refractivity contribution is 5.94. The van der Waals surface area contributed by atoms with Crippen LogP contribution in [0.3, 0.4) is 0 Å². The molecule has 2 unspecified atom stereocenters. The van der Waals surface area contributed by atoms with Crippen LogP contribution in [0.15, 0.2) is 28.8 Å². The van der Waals surface area contributed by atoms with Crippen LogP contribution in [0.25, 0.3) is 0 Å². The van der Waals surface area contributed by atoms with Gasteiger partial charge in [-0.3, -0.25) is 5.41 Å². The number of amidine groups is 1. The van der Waals surface area contributed by atoms with Gasteiger partial charge < -0.3 is 30.4 Å². The third kappa shape index (κ3) is 6.18. The van der Waals surface area contributed by atoms with Crippen molar-refractivity contribution in [2.75, 3.05) is 38.8 Å². The lowest BCUT2D eigenvalue weighted by Gasteiger charge is -2.30. The molecular weight excluding hydrogens is 396 g/mol. The van der Waals surface area contributed by atoms with Gasteiger partial charge in [0.05, 0.1) is 6.61 Å². The van der Waals surface area contributed by atoms with E-state index < -0.39 is 0 Å². The summed E-state index contributed by atoms with van der Waals surface area (Å²) in [4.78, 5) is 6.58. The molecule has 1 aliphatic carbocycles. The molecule has 0 amide bonds. The molecule has 2 heterocycles. The first-order chi connectivity index (χ1) is 15.1. The Hall–Kier alpha value is -2.65. The summed E-state index contributed by atoms with van der Waals surface area (Å²) in [6, 6.07) is 8.03. The fourth-order valence-electron chi connectivity index (χ4n) is 4.32. The zero-order chi connectivity index (χ0) is 22.2. The number of piperidine rings is 1. The Kier molecular flexibility index (Phi) is 8.25. The van der Waals surface area contributed by atoms with E-state index in [0.29, 0.717) is 18.4 Å². The average Bonchev–Trinajstić information content (AvgIpc) is 3.42. The Morgan fingerprint density at radius 2 is 1.94 bits per heavy atom. The van der Waals surface area contributed by atoms with Gasteiger partial charge in [-0.2, -0.15) is 4.98 Å². The molecule has 2 aliphatic rings. The van der Waals surface area contributed by atoms with Gasteiger partial charge in [0.25, 0.3) is 0 Å². The molecule has 0 radical (unpaired) electrons. The number of nitrogens with zero attached hydrogens (tertiary/aromatic N) is 3. The monoisotopic (exact) mass is 430 g/mol.